The zero-order valence-corrected chi connectivity index (χ0v) is 19.3. The van der Waals surface area contributed by atoms with Crippen molar-refractivity contribution in [2.75, 3.05) is 7.11 Å². The van der Waals surface area contributed by atoms with E-state index in [2.05, 4.69) is 32.0 Å². The largest absolute Gasteiger partial charge is 0.497 e. The third-order valence-corrected chi connectivity index (χ3v) is 5.59. The van der Waals surface area contributed by atoms with E-state index in [0.29, 0.717) is 24.4 Å². The van der Waals surface area contributed by atoms with Gasteiger partial charge in [0.2, 0.25) is 5.91 Å². The van der Waals surface area contributed by atoms with E-state index < -0.39 is 0 Å². The molecular weight excluding hydrogens is 436 g/mol. The summed E-state index contributed by atoms with van der Waals surface area (Å²) in [5.74, 6) is 0.756. The fourth-order valence-corrected chi connectivity index (χ4v) is 3.71. The summed E-state index contributed by atoms with van der Waals surface area (Å²) in [5, 5.41) is 3.62. The molecule has 1 N–H and O–H groups in total. The van der Waals surface area contributed by atoms with Gasteiger partial charge in [-0.2, -0.15) is 0 Å². The number of ether oxygens (including phenoxy) is 1. The molecule has 4 aromatic rings. The van der Waals surface area contributed by atoms with E-state index in [1.165, 1.54) is 0 Å². The van der Waals surface area contributed by atoms with Crippen LogP contribution in [-0.4, -0.2) is 27.6 Å². The topological polar surface area (TPSA) is 69.0 Å². The second kappa shape index (κ2) is 10.3. The minimum absolute atomic E-state index is 0.0344. The van der Waals surface area contributed by atoms with Gasteiger partial charge < -0.3 is 14.6 Å². The van der Waals surface area contributed by atoms with E-state index in [1.807, 2.05) is 55.5 Å². The first-order chi connectivity index (χ1) is 16.0. The Bertz CT molecular complexity index is 1220. The highest BCUT2D eigenvalue weighted by molar-refractivity contribution is 6.30. The van der Waals surface area contributed by atoms with Crippen molar-refractivity contribution in [3.05, 3.63) is 95.2 Å². The maximum absolute atomic E-state index is 12.5. The normalized spacial score (nSPS) is 10.8. The highest BCUT2D eigenvalue weighted by Gasteiger charge is 2.14. The van der Waals surface area contributed by atoms with Crippen molar-refractivity contribution in [2.24, 2.45) is 0 Å². The van der Waals surface area contributed by atoms with Crippen LogP contribution in [0, 0.1) is 6.92 Å². The summed E-state index contributed by atoms with van der Waals surface area (Å²) in [6.07, 6.45) is 4.33. The first-order valence-electron chi connectivity index (χ1n) is 10.7. The molecule has 2 aromatic heterocycles. The predicted molar refractivity (Wildman–Crippen MR) is 130 cm³/mol. The number of rotatable bonds is 8. The zero-order chi connectivity index (χ0) is 23.2. The van der Waals surface area contributed by atoms with Gasteiger partial charge in [-0.1, -0.05) is 23.7 Å². The van der Waals surface area contributed by atoms with Crippen LogP contribution in [0.25, 0.3) is 16.9 Å². The number of hydrogen-bond acceptors (Lipinski definition) is 4. The molecule has 0 fully saturated rings. The Balaban J connectivity index is 1.53. The molecule has 1 amide bonds. The summed E-state index contributed by atoms with van der Waals surface area (Å²) in [4.78, 5) is 21.0. The lowest BCUT2D eigenvalue weighted by atomic mass is 10.1. The lowest BCUT2D eigenvalue weighted by Crippen LogP contribution is -2.24. The van der Waals surface area contributed by atoms with Crippen molar-refractivity contribution in [3.8, 4) is 22.7 Å². The van der Waals surface area contributed by atoms with Crippen LogP contribution in [0.2, 0.25) is 5.02 Å². The maximum atomic E-state index is 12.5. The van der Waals surface area contributed by atoms with Gasteiger partial charge in [0.25, 0.3) is 0 Å². The molecule has 0 saturated heterocycles. The van der Waals surface area contributed by atoms with Gasteiger partial charge in [-0.05, 0) is 67.4 Å². The van der Waals surface area contributed by atoms with Crippen molar-refractivity contribution in [1.29, 1.82) is 0 Å². The molecule has 7 heteroatoms. The summed E-state index contributed by atoms with van der Waals surface area (Å²) < 4.78 is 7.48. The van der Waals surface area contributed by atoms with Gasteiger partial charge in [0, 0.05) is 29.0 Å². The fraction of sp³-hybridized carbons (Fsp3) is 0.192. The van der Waals surface area contributed by atoms with Crippen molar-refractivity contribution in [3.63, 3.8) is 0 Å². The average molecular weight is 461 g/mol. The van der Waals surface area contributed by atoms with Gasteiger partial charge in [-0.25, -0.2) is 0 Å². The fourth-order valence-electron chi connectivity index (χ4n) is 3.59. The Labute approximate surface area is 198 Å². The van der Waals surface area contributed by atoms with Crippen molar-refractivity contribution in [2.45, 2.75) is 26.3 Å². The number of nitrogens with one attached hydrogen (secondary N) is 1. The quantitative estimate of drug-likeness (QED) is 0.394. The first-order valence-corrected chi connectivity index (χ1v) is 11.1. The van der Waals surface area contributed by atoms with Crippen molar-refractivity contribution >= 4 is 17.5 Å². The van der Waals surface area contributed by atoms with E-state index in [-0.39, 0.29) is 5.91 Å². The van der Waals surface area contributed by atoms with Crippen LogP contribution in [-0.2, 0) is 17.8 Å². The van der Waals surface area contributed by atoms with Gasteiger partial charge in [0.1, 0.15) is 5.75 Å². The second-order valence-electron chi connectivity index (χ2n) is 7.68. The van der Waals surface area contributed by atoms with Gasteiger partial charge in [0.05, 0.1) is 36.9 Å². The van der Waals surface area contributed by atoms with Gasteiger partial charge in [-0.15, -0.1) is 0 Å². The van der Waals surface area contributed by atoms with Gasteiger partial charge in [-0.3, -0.25) is 14.8 Å². The summed E-state index contributed by atoms with van der Waals surface area (Å²) in [7, 11) is 1.65. The number of aromatic nitrogens is 3. The van der Waals surface area contributed by atoms with Crippen LogP contribution in [0.5, 0.6) is 5.75 Å². The third-order valence-electron chi connectivity index (χ3n) is 5.34. The molecular formula is C26H25ClN4O2. The smallest absolute Gasteiger partial charge is 0.220 e. The number of aryl methyl sites for hydroxylation is 2. The standard InChI is InChI=1S/C26H25ClN4O2/c1-18-15-29-21(16-28-18)17-30-26(32)14-10-23-9-13-25(19-3-5-20(27)6-4-19)31(23)22-7-11-24(33-2)12-8-22/h3-9,11-13,15-16H,10,14,17H2,1-2H3,(H,30,32). The third kappa shape index (κ3) is 5.59. The zero-order valence-electron chi connectivity index (χ0n) is 18.6. The number of benzene rings is 2. The summed E-state index contributed by atoms with van der Waals surface area (Å²) in [6.45, 7) is 2.24. The first kappa shape index (κ1) is 22.6. The molecule has 168 valence electrons. The number of carbonyl (C=O) groups is 1. The monoisotopic (exact) mass is 460 g/mol. The number of nitrogens with zero attached hydrogens (tertiary/aromatic N) is 3. The molecule has 33 heavy (non-hydrogen) atoms. The molecule has 0 atom stereocenters. The minimum atomic E-state index is -0.0344. The van der Waals surface area contributed by atoms with E-state index in [0.717, 1.165) is 39.8 Å². The molecule has 0 unspecified atom stereocenters. The Morgan fingerprint density at radius 1 is 1.00 bits per heavy atom. The lowest BCUT2D eigenvalue weighted by Gasteiger charge is -2.15. The van der Waals surface area contributed by atoms with E-state index in [9.17, 15) is 4.79 Å². The number of amides is 1. The van der Waals surface area contributed by atoms with Crippen LogP contribution < -0.4 is 10.1 Å². The molecule has 2 heterocycles. The lowest BCUT2D eigenvalue weighted by molar-refractivity contribution is -0.121. The summed E-state index contributed by atoms with van der Waals surface area (Å²) >= 11 is 6.09. The molecule has 0 bridgehead atoms. The molecule has 0 saturated carbocycles. The maximum Gasteiger partial charge on any atom is 0.220 e. The second-order valence-corrected chi connectivity index (χ2v) is 8.11. The van der Waals surface area contributed by atoms with Crippen LogP contribution in [0.3, 0.4) is 0 Å². The van der Waals surface area contributed by atoms with Crippen LogP contribution in [0.4, 0.5) is 0 Å². The Hall–Kier alpha value is -3.64. The average Bonchev–Trinajstić information content (AvgIpc) is 3.27. The van der Waals surface area contributed by atoms with E-state index >= 15 is 0 Å². The Morgan fingerprint density at radius 3 is 2.42 bits per heavy atom. The SMILES string of the molecule is COc1ccc(-n2c(CCC(=O)NCc3cnc(C)cn3)ccc2-c2ccc(Cl)cc2)cc1. The van der Waals surface area contributed by atoms with Crippen molar-refractivity contribution < 1.29 is 9.53 Å². The predicted octanol–water partition coefficient (Wildman–Crippen LogP) is 5.15. The van der Waals surface area contributed by atoms with Gasteiger partial charge in [0.15, 0.2) is 0 Å². The Kier molecular flexibility index (Phi) is 7.05. The number of methoxy groups -OCH3 is 1. The van der Waals surface area contributed by atoms with Crippen molar-refractivity contribution in [1.82, 2.24) is 19.9 Å². The highest BCUT2D eigenvalue weighted by atomic mass is 35.5. The van der Waals surface area contributed by atoms with E-state index in [4.69, 9.17) is 16.3 Å². The van der Waals surface area contributed by atoms with Gasteiger partial charge >= 0.3 is 0 Å². The summed E-state index contributed by atoms with van der Waals surface area (Å²) in [6, 6.07) is 19.8. The number of carbonyl (C=O) groups excluding carboxylic acids is 1. The van der Waals surface area contributed by atoms with Crippen LogP contribution >= 0.6 is 11.6 Å². The molecule has 0 aliphatic rings. The molecule has 2 aromatic carbocycles. The Morgan fingerprint density at radius 2 is 1.76 bits per heavy atom. The number of halogens is 1. The molecule has 0 aliphatic carbocycles. The van der Waals surface area contributed by atoms with E-state index in [1.54, 1.807) is 19.5 Å². The number of hydrogen-bond donors (Lipinski definition) is 1. The summed E-state index contributed by atoms with van der Waals surface area (Å²) in [5.41, 5.74) is 5.69. The molecule has 4 rings (SSSR count). The molecule has 6 nitrogen and oxygen atoms in total. The molecule has 0 spiro atoms. The molecule has 0 radical (unpaired) electrons. The molecule has 0 aliphatic heterocycles. The highest BCUT2D eigenvalue weighted by Crippen LogP contribution is 2.29. The minimum Gasteiger partial charge on any atom is -0.497 e. The van der Waals surface area contributed by atoms with Crippen LogP contribution in [0.15, 0.2) is 73.1 Å². The van der Waals surface area contributed by atoms with Crippen LogP contribution in [0.1, 0.15) is 23.5 Å².